The van der Waals surface area contributed by atoms with E-state index in [9.17, 15) is 13.6 Å². The first-order valence-corrected chi connectivity index (χ1v) is 12.3. The van der Waals surface area contributed by atoms with Crippen molar-refractivity contribution in [3.8, 4) is 0 Å². The van der Waals surface area contributed by atoms with Crippen LogP contribution in [0.3, 0.4) is 0 Å². The standard InChI is InChI=1S/C24H28F2N6OS/c1-24(29)9-4-10-31(12-24)19-13-5-2-8-16(13)30-11-17(19)32-20(21(27)33)22(28)34-23(32)18-14(25)6-3-7-15(18)26/h3,6-7,11,23H,2,4-5,8-10,12,28-29H2,1H3,(H2,27,33). The average molecular weight is 487 g/mol. The number of carbonyl (C=O) groups is 1. The van der Waals surface area contributed by atoms with E-state index in [4.69, 9.17) is 17.2 Å². The van der Waals surface area contributed by atoms with Gasteiger partial charge in [-0.3, -0.25) is 9.78 Å². The van der Waals surface area contributed by atoms with Crippen molar-refractivity contribution in [2.24, 2.45) is 17.2 Å². The summed E-state index contributed by atoms with van der Waals surface area (Å²) in [5.41, 5.74) is 21.5. The van der Waals surface area contributed by atoms with Gasteiger partial charge in [0.05, 0.1) is 28.2 Å². The number of primary amides is 1. The molecule has 1 aromatic carbocycles. The van der Waals surface area contributed by atoms with Crippen LogP contribution in [0, 0.1) is 11.6 Å². The average Bonchev–Trinajstić information content (AvgIpc) is 3.36. The molecule has 10 heteroatoms. The summed E-state index contributed by atoms with van der Waals surface area (Å²) in [6, 6.07) is 3.70. The second-order valence-electron chi connectivity index (χ2n) is 9.50. The van der Waals surface area contributed by atoms with Crippen molar-refractivity contribution in [1.29, 1.82) is 0 Å². The summed E-state index contributed by atoms with van der Waals surface area (Å²) in [6.45, 7) is 3.42. The molecule has 0 radical (unpaired) electrons. The molecule has 2 unspecified atom stereocenters. The van der Waals surface area contributed by atoms with Crippen molar-refractivity contribution in [3.05, 3.63) is 63.6 Å². The highest BCUT2D eigenvalue weighted by atomic mass is 32.2. The Kier molecular flexibility index (Phi) is 5.68. The molecule has 6 N–H and O–H groups in total. The SMILES string of the molecule is CC1(N)CCCN(c2c(N3C(C(N)=O)=C(N)SC3c3c(F)cccc3F)cnc3c2CCC3)C1. The second-order valence-corrected chi connectivity index (χ2v) is 10.6. The van der Waals surface area contributed by atoms with Crippen molar-refractivity contribution >= 4 is 29.0 Å². The zero-order valence-electron chi connectivity index (χ0n) is 19.0. The fourth-order valence-corrected chi connectivity index (χ4v) is 6.57. The number of hydrogen-bond donors (Lipinski definition) is 3. The van der Waals surface area contributed by atoms with E-state index >= 15 is 0 Å². The molecule has 0 bridgehead atoms. The molecule has 1 fully saturated rings. The molecule has 1 aromatic heterocycles. The molecule has 0 saturated carbocycles. The molecule has 34 heavy (non-hydrogen) atoms. The van der Waals surface area contributed by atoms with Gasteiger partial charge in [-0.15, -0.1) is 0 Å². The Bertz CT molecular complexity index is 1180. The fourth-order valence-electron chi connectivity index (χ4n) is 5.35. The Labute approximate surface area is 201 Å². The number of halogens is 2. The minimum absolute atomic E-state index is 0.0196. The number of hydrogen-bond acceptors (Lipinski definition) is 7. The number of aryl methyl sites for hydroxylation is 1. The molecule has 5 rings (SSSR count). The lowest BCUT2D eigenvalue weighted by Gasteiger charge is -2.42. The van der Waals surface area contributed by atoms with Crippen molar-refractivity contribution in [2.75, 3.05) is 22.9 Å². The van der Waals surface area contributed by atoms with Gasteiger partial charge in [0.1, 0.15) is 22.7 Å². The second kappa shape index (κ2) is 8.42. The lowest BCUT2D eigenvalue weighted by molar-refractivity contribution is -0.114. The number of rotatable bonds is 4. The summed E-state index contributed by atoms with van der Waals surface area (Å²) in [5.74, 6) is -2.20. The molecule has 0 spiro atoms. The zero-order valence-corrected chi connectivity index (χ0v) is 19.8. The summed E-state index contributed by atoms with van der Waals surface area (Å²) in [5, 5.41) is -0.827. The van der Waals surface area contributed by atoms with Gasteiger partial charge in [-0.05, 0) is 56.7 Å². The molecule has 3 heterocycles. The van der Waals surface area contributed by atoms with Gasteiger partial charge in [0, 0.05) is 24.3 Å². The maximum Gasteiger partial charge on any atom is 0.268 e. The molecule has 180 valence electrons. The Balaban J connectivity index is 1.72. The molecule has 3 aliphatic rings. The van der Waals surface area contributed by atoms with Crippen LogP contribution in [-0.2, 0) is 17.6 Å². The van der Waals surface area contributed by atoms with Gasteiger partial charge in [0.25, 0.3) is 5.91 Å². The maximum absolute atomic E-state index is 14.9. The number of nitrogens with two attached hydrogens (primary N) is 3. The number of carbonyl (C=O) groups excluding carboxylic acids is 1. The lowest BCUT2D eigenvalue weighted by atomic mass is 9.91. The van der Waals surface area contributed by atoms with Crippen molar-refractivity contribution < 1.29 is 13.6 Å². The van der Waals surface area contributed by atoms with E-state index in [0.29, 0.717) is 12.2 Å². The van der Waals surface area contributed by atoms with Crippen LogP contribution in [0.1, 0.15) is 48.4 Å². The molecule has 1 aliphatic carbocycles. The molecule has 2 aliphatic heterocycles. The number of nitrogens with zero attached hydrogens (tertiary/aromatic N) is 3. The third kappa shape index (κ3) is 3.78. The van der Waals surface area contributed by atoms with Gasteiger partial charge in [0.2, 0.25) is 0 Å². The number of fused-ring (bicyclic) bond motifs is 1. The van der Waals surface area contributed by atoms with Crippen LogP contribution in [-0.4, -0.2) is 29.5 Å². The smallest absolute Gasteiger partial charge is 0.268 e. The van der Waals surface area contributed by atoms with Crippen LogP contribution in [0.15, 0.2) is 35.1 Å². The third-order valence-corrected chi connectivity index (χ3v) is 7.91. The molecular weight excluding hydrogens is 458 g/mol. The minimum Gasteiger partial charge on any atom is -0.392 e. The highest BCUT2D eigenvalue weighted by molar-refractivity contribution is 8.03. The third-order valence-electron chi connectivity index (χ3n) is 6.79. The fraction of sp³-hybridized carbons (Fsp3) is 0.417. The number of piperidine rings is 1. The molecule has 1 amide bonds. The minimum atomic E-state index is -0.947. The first-order chi connectivity index (χ1) is 16.2. The van der Waals surface area contributed by atoms with E-state index in [1.807, 2.05) is 6.92 Å². The van der Waals surface area contributed by atoms with E-state index in [-0.39, 0.29) is 21.8 Å². The van der Waals surface area contributed by atoms with E-state index in [1.165, 1.54) is 18.2 Å². The topological polar surface area (TPSA) is 114 Å². The number of thioether (sulfide) groups is 1. The van der Waals surface area contributed by atoms with Crippen molar-refractivity contribution in [1.82, 2.24) is 4.98 Å². The quantitative estimate of drug-likeness (QED) is 0.609. The predicted octanol–water partition coefficient (Wildman–Crippen LogP) is 3.03. The van der Waals surface area contributed by atoms with Gasteiger partial charge >= 0.3 is 0 Å². The molecule has 2 aromatic rings. The summed E-state index contributed by atoms with van der Waals surface area (Å²) in [4.78, 5) is 21.0. The highest BCUT2D eigenvalue weighted by Crippen LogP contribution is 2.52. The number of aromatic nitrogens is 1. The van der Waals surface area contributed by atoms with Crippen molar-refractivity contribution in [2.45, 2.75) is 49.9 Å². The zero-order chi connectivity index (χ0) is 24.2. The summed E-state index contributed by atoms with van der Waals surface area (Å²) < 4.78 is 29.8. The van der Waals surface area contributed by atoms with Gasteiger partial charge in [0.15, 0.2) is 0 Å². The Morgan fingerprint density at radius 3 is 2.65 bits per heavy atom. The van der Waals surface area contributed by atoms with E-state index in [0.717, 1.165) is 67.4 Å². The largest absolute Gasteiger partial charge is 0.392 e. The summed E-state index contributed by atoms with van der Waals surface area (Å²) in [7, 11) is 0. The first kappa shape index (κ1) is 22.9. The van der Waals surface area contributed by atoms with Gasteiger partial charge in [-0.2, -0.15) is 0 Å². The predicted molar refractivity (Wildman–Crippen MR) is 130 cm³/mol. The van der Waals surface area contributed by atoms with Crippen LogP contribution in [0.4, 0.5) is 20.2 Å². The van der Waals surface area contributed by atoms with E-state index in [2.05, 4.69) is 9.88 Å². The maximum atomic E-state index is 14.9. The monoisotopic (exact) mass is 486 g/mol. The van der Waals surface area contributed by atoms with Gasteiger partial charge in [-0.1, -0.05) is 17.8 Å². The van der Waals surface area contributed by atoms with Crippen LogP contribution in [0.25, 0.3) is 0 Å². The van der Waals surface area contributed by atoms with E-state index in [1.54, 1.807) is 11.1 Å². The normalized spacial score (nSPS) is 24.6. The van der Waals surface area contributed by atoms with Crippen molar-refractivity contribution in [3.63, 3.8) is 0 Å². The number of amides is 1. The number of benzene rings is 1. The van der Waals surface area contributed by atoms with Crippen LogP contribution in [0.5, 0.6) is 0 Å². The molecule has 2 atom stereocenters. The van der Waals surface area contributed by atoms with Gasteiger partial charge in [-0.25, -0.2) is 8.78 Å². The van der Waals surface area contributed by atoms with Crippen LogP contribution in [0.2, 0.25) is 0 Å². The van der Waals surface area contributed by atoms with Crippen LogP contribution < -0.4 is 27.0 Å². The number of anilines is 2. The Morgan fingerprint density at radius 1 is 1.24 bits per heavy atom. The number of pyridine rings is 1. The van der Waals surface area contributed by atoms with Gasteiger partial charge < -0.3 is 27.0 Å². The molecule has 1 saturated heterocycles. The van der Waals surface area contributed by atoms with Crippen LogP contribution >= 0.6 is 11.8 Å². The van der Waals surface area contributed by atoms with E-state index < -0.39 is 22.9 Å². The Hall–Kier alpha value is -2.85. The Morgan fingerprint density at radius 2 is 1.97 bits per heavy atom. The lowest BCUT2D eigenvalue weighted by Crippen LogP contribution is -2.52. The summed E-state index contributed by atoms with van der Waals surface area (Å²) >= 11 is 1.01. The summed E-state index contributed by atoms with van der Waals surface area (Å²) in [6.07, 6.45) is 6.13. The first-order valence-electron chi connectivity index (χ1n) is 11.4. The molecule has 7 nitrogen and oxygen atoms in total. The molecular formula is C24H28F2N6OS. The highest BCUT2D eigenvalue weighted by Gasteiger charge is 2.42.